The van der Waals surface area contributed by atoms with Crippen LogP contribution in [-0.4, -0.2) is 89.0 Å². The topological polar surface area (TPSA) is 211 Å². The predicted octanol–water partition coefficient (Wildman–Crippen LogP) is 6.36. The summed E-state index contributed by atoms with van der Waals surface area (Å²) in [6.07, 6.45) is 7.88. The van der Waals surface area contributed by atoms with E-state index in [-0.39, 0.29) is 23.9 Å². The smallest absolute Gasteiger partial charge is 0.407 e. The molecule has 0 unspecified atom stereocenters. The van der Waals surface area contributed by atoms with Crippen molar-refractivity contribution >= 4 is 24.0 Å². The molecule has 5 heterocycles. The van der Waals surface area contributed by atoms with E-state index in [2.05, 4.69) is 40.5 Å². The number of hydrogen-bond donors (Lipinski definition) is 5. The molecular formula is C43H42N10O6. The van der Waals surface area contributed by atoms with Crippen LogP contribution in [0.4, 0.5) is 9.59 Å². The van der Waals surface area contributed by atoms with Gasteiger partial charge in [-0.2, -0.15) is 0 Å². The number of likely N-dealkylation sites (tertiary alicyclic amines) is 2. The van der Waals surface area contributed by atoms with E-state index in [1.807, 2.05) is 48.5 Å². The van der Waals surface area contributed by atoms with E-state index in [9.17, 15) is 24.3 Å². The lowest BCUT2D eigenvalue weighted by Gasteiger charge is -2.28. The van der Waals surface area contributed by atoms with Crippen molar-refractivity contribution < 1.29 is 29.0 Å². The number of ether oxygens (including phenoxy) is 1. The van der Waals surface area contributed by atoms with Crippen LogP contribution in [0.5, 0.6) is 0 Å². The summed E-state index contributed by atoms with van der Waals surface area (Å²) in [7, 11) is 1.27. The van der Waals surface area contributed by atoms with Crippen molar-refractivity contribution in [3.8, 4) is 33.9 Å². The first-order valence-corrected chi connectivity index (χ1v) is 19.3. The number of aromatic amines is 2. The summed E-state index contributed by atoms with van der Waals surface area (Å²) in [5.41, 5.74) is 5.14. The highest BCUT2D eigenvalue weighted by Crippen LogP contribution is 2.36. The number of rotatable bonds is 11. The van der Waals surface area contributed by atoms with E-state index in [4.69, 9.17) is 4.74 Å². The Morgan fingerprint density at radius 2 is 1.12 bits per heavy atom. The fourth-order valence-corrected chi connectivity index (χ4v) is 7.85. The molecule has 16 heteroatoms. The zero-order valence-corrected chi connectivity index (χ0v) is 32.1. The molecule has 300 valence electrons. The minimum absolute atomic E-state index is 0.234. The van der Waals surface area contributed by atoms with E-state index < -0.39 is 24.3 Å². The third-order valence-electron chi connectivity index (χ3n) is 10.8. The van der Waals surface area contributed by atoms with Crippen LogP contribution in [0, 0.1) is 0 Å². The zero-order chi connectivity index (χ0) is 40.9. The fourth-order valence-electron chi connectivity index (χ4n) is 7.85. The van der Waals surface area contributed by atoms with Gasteiger partial charge in [0.05, 0.1) is 43.0 Å². The highest BCUT2D eigenvalue weighted by Gasteiger charge is 2.38. The first kappa shape index (κ1) is 38.5. The molecule has 3 aromatic carbocycles. The molecule has 2 aliphatic heterocycles. The van der Waals surface area contributed by atoms with Gasteiger partial charge in [0.2, 0.25) is 0 Å². The maximum atomic E-state index is 13.9. The number of hydrogen-bond acceptors (Lipinski definition) is 9. The van der Waals surface area contributed by atoms with Gasteiger partial charge in [0.1, 0.15) is 23.7 Å². The molecule has 16 nitrogen and oxygen atoms in total. The number of methoxy groups -OCH3 is 1. The van der Waals surface area contributed by atoms with Gasteiger partial charge in [0.15, 0.2) is 5.82 Å². The first-order chi connectivity index (χ1) is 28.8. The molecule has 0 radical (unpaired) electrons. The highest BCUT2D eigenvalue weighted by molar-refractivity contribution is 5.88. The second-order valence-corrected chi connectivity index (χ2v) is 14.4. The maximum Gasteiger partial charge on any atom is 0.407 e. The zero-order valence-electron chi connectivity index (χ0n) is 32.1. The summed E-state index contributed by atoms with van der Waals surface area (Å²) in [6.45, 7) is 1.01. The van der Waals surface area contributed by atoms with E-state index in [1.165, 1.54) is 7.11 Å². The third-order valence-corrected chi connectivity index (χ3v) is 10.8. The van der Waals surface area contributed by atoms with Gasteiger partial charge in [0.25, 0.3) is 11.8 Å². The Morgan fingerprint density at radius 1 is 0.644 bits per heavy atom. The van der Waals surface area contributed by atoms with E-state index in [0.717, 1.165) is 41.6 Å². The Balaban J connectivity index is 0.928. The number of carboxylic acid groups (broad SMARTS) is 1. The third kappa shape index (κ3) is 8.23. The second-order valence-electron chi connectivity index (χ2n) is 14.4. The Morgan fingerprint density at radius 3 is 1.61 bits per heavy atom. The molecule has 4 amide bonds. The van der Waals surface area contributed by atoms with Crippen molar-refractivity contribution in [2.24, 2.45) is 0 Å². The molecule has 2 aliphatic rings. The van der Waals surface area contributed by atoms with Gasteiger partial charge in [0, 0.05) is 36.6 Å². The van der Waals surface area contributed by atoms with Crippen molar-refractivity contribution in [3.63, 3.8) is 0 Å². The first-order valence-electron chi connectivity index (χ1n) is 19.3. The number of carbonyl (C=O) groups excluding carboxylic acids is 3. The number of benzene rings is 3. The quantitative estimate of drug-likeness (QED) is 0.0980. The number of amides is 4. The maximum absolute atomic E-state index is 13.9. The van der Waals surface area contributed by atoms with Crippen LogP contribution in [-0.2, 0) is 14.3 Å². The number of imidazole rings is 2. The normalized spacial score (nSPS) is 17.3. The van der Waals surface area contributed by atoms with Crippen molar-refractivity contribution in [2.45, 2.75) is 49.9 Å². The molecule has 59 heavy (non-hydrogen) atoms. The van der Waals surface area contributed by atoms with Crippen LogP contribution in [0.1, 0.15) is 72.6 Å². The minimum Gasteiger partial charge on any atom is -0.465 e. The largest absolute Gasteiger partial charge is 0.465 e. The van der Waals surface area contributed by atoms with Crippen LogP contribution >= 0.6 is 0 Å². The summed E-state index contributed by atoms with van der Waals surface area (Å²) in [5.74, 6) is 1.24. The van der Waals surface area contributed by atoms with Gasteiger partial charge in [-0.3, -0.25) is 9.59 Å². The number of carbonyl (C=O) groups is 4. The number of aromatic nitrogens is 6. The van der Waals surface area contributed by atoms with Gasteiger partial charge in [-0.05, 0) is 42.4 Å². The van der Waals surface area contributed by atoms with Crippen LogP contribution in [0.3, 0.4) is 0 Å². The fraction of sp³-hybridized carbons (Fsp3) is 0.256. The van der Waals surface area contributed by atoms with Gasteiger partial charge in [-0.1, -0.05) is 84.9 Å². The SMILES string of the molecule is COC(=O)N[C@@H](C(=O)N1CCC[C@H]1c1ncc(-c2ccc(-c3ncc(-c4cnc([C@@H]5CCCN5C(=O)[C@H](NC(=O)O)c5ccccc5)[nH]4)cn3)cc2)[nH]1)c1ccccc1. The van der Waals surface area contributed by atoms with Gasteiger partial charge in [-0.25, -0.2) is 29.5 Å². The lowest BCUT2D eigenvalue weighted by atomic mass is 10.1. The highest BCUT2D eigenvalue weighted by atomic mass is 16.5. The Kier molecular flexibility index (Phi) is 11.1. The van der Waals surface area contributed by atoms with Crippen molar-refractivity contribution in [2.75, 3.05) is 20.2 Å². The minimum atomic E-state index is -1.27. The van der Waals surface area contributed by atoms with Crippen molar-refractivity contribution in [1.82, 2.24) is 50.3 Å². The molecule has 0 bridgehead atoms. The summed E-state index contributed by atoms with van der Waals surface area (Å²) in [5, 5.41) is 14.6. The molecule has 0 saturated carbocycles. The number of nitrogens with one attached hydrogen (secondary N) is 4. The molecule has 8 rings (SSSR count). The molecule has 2 saturated heterocycles. The summed E-state index contributed by atoms with van der Waals surface area (Å²) >= 11 is 0. The van der Waals surface area contributed by atoms with Crippen LogP contribution < -0.4 is 10.6 Å². The van der Waals surface area contributed by atoms with Crippen molar-refractivity contribution in [1.29, 1.82) is 0 Å². The monoisotopic (exact) mass is 794 g/mol. The summed E-state index contributed by atoms with van der Waals surface area (Å²) in [4.78, 5) is 80.1. The Labute approximate surface area is 339 Å². The summed E-state index contributed by atoms with van der Waals surface area (Å²) < 4.78 is 4.81. The van der Waals surface area contributed by atoms with E-state index in [1.54, 1.807) is 71.0 Å². The molecule has 6 aromatic rings. The Hall–Kier alpha value is -7.36. The second kappa shape index (κ2) is 17.0. The van der Waals surface area contributed by atoms with Crippen LogP contribution in [0.15, 0.2) is 110 Å². The number of H-pyrrole nitrogens is 2. The van der Waals surface area contributed by atoms with Crippen LogP contribution in [0.25, 0.3) is 33.9 Å². The van der Waals surface area contributed by atoms with Crippen LogP contribution in [0.2, 0.25) is 0 Å². The Bertz CT molecular complexity index is 2420. The number of alkyl carbamates (subject to hydrolysis) is 1. The standard InChI is InChI=1S/C43H42N10O6/c1-59-43(58)51-36(28-12-6-3-7-13-28)41(55)53-21-9-14-33(53)38-46-24-31(48-38)26-16-18-29(19-17-26)37-44-22-30(23-45-37)32-25-47-39(49-32)34-15-8-20-52(34)40(54)35(50-42(56)57)27-10-4-2-5-11-27/h2-7,10-13,16-19,22-25,33-36,50H,8-9,14-15,20-21H2,1H3,(H,46,48)(H,47,49)(H,51,58)(H,56,57)/t33-,34-,35+,36+/m0/s1. The van der Waals surface area contributed by atoms with E-state index >= 15 is 0 Å². The molecular weight excluding hydrogens is 753 g/mol. The molecule has 4 atom stereocenters. The lowest BCUT2D eigenvalue weighted by Crippen LogP contribution is -2.42. The predicted molar refractivity (Wildman–Crippen MR) is 215 cm³/mol. The lowest BCUT2D eigenvalue weighted by molar-refractivity contribution is -0.135. The van der Waals surface area contributed by atoms with Crippen molar-refractivity contribution in [3.05, 3.63) is 132 Å². The van der Waals surface area contributed by atoms with E-state index in [0.29, 0.717) is 53.8 Å². The average molecular weight is 795 g/mol. The molecule has 5 N–H and O–H groups in total. The molecule has 0 spiro atoms. The molecule has 0 aliphatic carbocycles. The van der Waals surface area contributed by atoms with Gasteiger partial charge >= 0.3 is 12.2 Å². The average Bonchev–Trinajstić information content (AvgIpc) is 4.12. The van der Waals surface area contributed by atoms with Gasteiger partial charge in [-0.15, -0.1) is 0 Å². The number of nitrogens with zero attached hydrogens (tertiary/aromatic N) is 6. The molecule has 3 aromatic heterocycles. The molecule has 2 fully saturated rings. The summed E-state index contributed by atoms with van der Waals surface area (Å²) in [6, 6.07) is 23.1. The van der Waals surface area contributed by atoms with Gasteiger partial charge < -0.3 is 40.2 Å².